The molecule has 2 aliphatic rings. The normalized spacial score (nSPS) is 33.2. The third-order valence-electron chi connectivity index (χ3n) is 4.28. The van der Waals surface area contributed by atoms with E-state index in [-0.39, 0.29) is 30.0 Å². The molecule has 1 aromatic rings. The molecule has 1 amide bonds. The minimum Gasteiger partial charge on any atom is -0.378 e. The minimum absolute atomic E-state index is 0.00729. The van der Waals surface area contributed by atoms with Crippen LogP contribution in [0.1, 0.15) is 30.5 Å². The van der Waals surface area contributed by atoms with Gasteiger partial charge in [0, 0.05) is 12.6 Å². The Bertz CT molecular complexity index is 489. The summed E-state index contributed by atoms with van der Waals surface area (Å²) in [4.78, 5) is 12.3. The van der Waals surface area contributed by atoms with Crippen molar-refractivity contribution in [1.29, 1.82) is 0 Å². The molecule has 0 saturated carbocycles. The molecule has 1 aliphatic carbocycles. The van der Waals surface area contributed by atoms with Crippen LogP contribution in [0.3, 0.4) is 0 Å². The first-order valence-corrected chi connectivity index (χ1v) is 6.92. The fourth-order valence-corrected chi connectivity index (χ4v) is 3.15. The number of carbonyl (C=O) groups is 1. The van der Waals surface area contributed by atoms with Gasteiger partial charge in [0.25, 0.3) is 0 Å². The van der Waals surface area contributed by atoms with Gasteiger partial charge in [0.2, 0.25) is 5.91 Å². The molecular weight excluding hydrogens is 240 g/mol. The Hall–Kier alpha value is -1.39. The Labute approximate surface area is 113 Å². The van der Waals surface area contributed by atoms with Crippen LogP contribution in [-0.4, -0.2) is 24.7 Å². The molecule has 0 aromatic heterocycles. The zero-order valence-electron chi connectivity index (χ0n) is 11.1. The first-order valence-electron chi connectivity index (χ1n) is 6.92. The summed E-state index contributed by atoms with van der Waals surface area (Å²) in [5, 5.41) is 3.11. The molecule has 0 radical (unpaired) electrons. The lowest BCUT2D eigenvalue weighted by molar-refractivity contribution is -0.127. The molecule has 0 spiro atoms. The smallest absolute Gasteiger partial charge is 0.226 e. The molecule has 0 bridgehead atoms. The number of nitrogens with one attached hydrogen (secondary N) is 1. The van der Waals surface area contributed by atoms with E-state index in [1.165, 1.54) is 5.56 Å². The predicted molar refractivity (Wildman–Crippen MR) is 72.5 cm³/mol. The lowest BCUT2D eigenvalue weighted by Gasteiger charge is -2.22. The highest BCUT2D eigenvalue weighted by Gasteiger charge is 2.35. The highest BCUT2D eigenvalue weighted by Crippen LogP contribution is 2.31. The van der Waals surface area contributed by atoms with Gasteiger partial charge in [-0.2, -0.15) is 0 Å². The van der Waals surface area contributed by atoms with Crippen LogP contribution in [0.4, 0.5) is 0 Å². The summed E-state index contributed by atoms with van der Waals surface area (Å²) in [5.74, 6) is 0.0297. The Morgan fingerprint density at radius 3 is 2.95 bits per heavy atom. The molecule has 4 unspecified atom stereocenters. The molecule has 19 heavy (non-hydrogen) atoms. The van der Waals surface area contributed by atoms with Crippen molar-refractivity contribution < 1.29 is 9.53 Å². The van der Waals surface area contributed by atoms with Crippen molar-refractivity contribution in [2.75, 3.05) is 6.61 Å². The van der Waals surface area contributed by atoms with E-state index < -0.39 is 0 Å². The van der Waals surface area contributed by atoms with Crippen LogP contribution in [-0.2, 0) is 16.0 Å². The molecule has 3 rings (SSSR count). The standard InChI is InChI=1S/C15H20N2O2/c1-9-11(6-7-19-9)15(18)17-14-12-5-3-2-4-10(12)8-13(14)16/h2-5,9,11,13-14H,6-8,16H2,1H3,(H,17,18). The van der Waals surface area contributed by atoms with E-state index in [0.29, 0.717) is 6.61 Å². The second-order valence-corrected chi connectivity index (χ2v) is 5.52. The second-order valence-electron chi connectivity index (χ2n) is 5.52. The summed E-state index contributed by atoms with van der Waals surface area (Å²) in [6.45, 7) is 2.63. The molecule has 3 N–H and O–H groups in total. The van der Waals surface area contributed by atoms with Crippen molar-refractivity contribution in [3.8, 4) is 0 Å². The third-order valence-corrected chi connectivity index (χ3v) is 4.28. The number of carbonyl (C=O) groups excluding carboxylic acids is 1. The number of rotatable bonds is 2. The summed E-state index contributed by atoms with van der Waals surface area (Å²) >= 11 is 0. The van der Waals surface area contributed by atoms with Crippen LogP contribution in [0.2, 0.25) is 0 Å². The molecule has 1 heterocycles. The van der Waals surface area contributed by atoms with E-state index in [1.807, 2.05) is 19.1 Å². The van der Waals surface area contributed by atoms with Crippen molar-refractivity contribution in [2.45, 2.75) is 38.0 Å². The fraction of sp³-hybridized carbons (Fsp3) is 0.533. The van der Waals surface area contributed by atoms with Crippen LogP contribution in [0.25, 0.3) is 0 Å². The molecule has 4 atom stereocenters. The monoisotopic (exact) mass is 260 g/mol. The highest BCUT2D eigenvalue weighted by molar-refractivity contribution is 5.80. The summed E-state index contributed by atoms with van der Waals surface area (Å²) in [5.41, 5.74) is 8.57. The first kappa shape index (κ1) is 12.6. The Kier molecular flexibility index (Phi) is 3.29. The van der Waals surface area contributed by atoms with Crippen molar-refractivity contribution in [1.82, 2.24) is 5.32 Å². The van der Waals surface area contributed by atoms with Crippen LogP contribution < -0.4 is 11.1 Å². The van der Waals surface area contributed by atoms with Gasteiger partial charge in [-0.15, -0.1) is 0 Å². The molecule has 1 aliphatic heterocycles. The van der Waals surface area contributed by atoms with Crippen molar-refractivity contribution in [2.24, 2.45) is 11.7 Å². The third kappa shape index (κ3) is 2.26. The Morgan fingerprint density at radius 2 is 2.21 bits per heavy atom. The van der Waals surface area contributed by atoms with Gasteiger partial charge in [-0.3, -0.25) is 4.79 Å². The van der Waals surface area contributed by atoms with Gasteiger partial charge < -0.3 is 15.8 Å². The SMILES string of the molecule is CC1OCCC1C(=O)NC1c2ccccc2CC1N. The van der Waals surface area contributed by atoms with E-state index in [4.69, 9.17) is 10.5 Å². The Morgan fingerprint density at radius 1 is 1.42 bits per heavy atom. The average Bonchev–Trinajstić information content (AvgIpc) is 2.94. The average molecular weight is 260 g/mol. The van der Waals surface area contributed by atoms with E-state index in [1.54, 1.807) is 0 Å². The predicted octanol–water partition coefficient (Wildman–Crippen LogP) is 1.15. The minimum atomic E-state index is -0.0588. The van der Waals surface area contributed by atoms with Gasteiger partial charge in [-0.1, -0.05) is 24.3 Å². The van der Waals surface area contributed by atoms with E-state index in [2.05, 4.69) is 17.4 Å². The highest BCUT2D eigenvalue weighted by atomic mass is 16.5. The van der Waals surface area contributed by atoms with Crippen LogP contribution in [0, 0.1) is 5.92 Å². The number of benzene rings is 1. The van der Waals surface area contributed by atoms with Crippen LogP contribution >= 0.6 is 0 Å². The maximum absolute atomic E-state index is 12.3. The van der Waals surface area contributed by atoms with E-state index in [9.17, 15) is 4.79 Å². The van der Waals surface area contributed by atoms with Gasteiger partial charge >= 0.3 is 0 Å². The number of hydrogen-bond acceptors (Lipinski definition) is 3. The van der Waals surface area contributed by atoms with Crippen LogP contribution in [0.15, 0.2) is 24.3 Å². The van der Waals surface area contributed by atoms with Gasteiger partial charge in [0.1, 0.15) is 0 Å². The molecule has 1 aromatic carbocycles. The van der Waals surface area contributed by atoms with Crippen LogP contribution in [0.5, 0.6) is 0 Å². The molecule has 4 nitrogen and oxygen atoms in total. The number of fused-ring (bicyclic) bond motifs is 1. The number of amides is 1. The number of ether oxygens (including phenoxy) is 1. The second kappa shape index (κ2) is 4.94. The molecule has 1 fully saturated rings. The lowest BCUT2D eigenvalue weighted by atomic mass is 10.00. The Balaban J connectivity index is 1.75. The van der Waals surface area contributed by atoms with Gasteiger partial charge in [-0.25, -0.2) is 0 Å². The van der Waals surface area contributed by atoms with E-state index >= 15 is 0 Å². The number of nitrogens with two attached hydrogens (primary N) is 1. The molecule has 4 heteroatoms. The van der Waals surface area contributed by atoms with E-state index in [0.717, 1.165) is 18.4 Å². The first-order chi connectivity index (χ1) is 9.16. The number of hydrogen-bond donors (Lipinski definition) is 2. The zero-order chi connectivity index (χ0) is 13.4. The quantitative estimate of drug-likeness (QED) is 0.838. The van der Waals surface area contributed by atoms with Crippen molar-refractivity contribution in [3.05, 3.63) is 35.4 Å². The summed E-state index contributed by atoms with van der Waals surface area (Å²) < 4.78 is 5.46. The fourth-order valence-electron chi connectivity index (χ4n) is 3.15. The van der Waals surface area contributed by atoms with Gasteiger partial charge in [0.15, 0.2) is 0 Å². The van der Waals surface area contributed by atoms with Gasteiger partial charge in [-0.05, 0) is 30.9 Å². The summed E-state index contributed by atoms with van der Waals surface area (Å²) in [6, 6.07) is 8.07. The molecule has 102 valence electrons. The zero-order valence-corrected chi connectivity index (χ0v) is 11.1. The summed E-state index contributed by atoms with van der Waals surface area (Å²) in [7, 11) is 0. The largest absolute Gasteiger partial charge is 0.378 e. The molecular formula is C15H20N2O2. The van der Waals surface area contributed by atoms with Crippen molar-refractivity contribution >= 4 is 5.91 Å². The topological polar surface area (TPSA) is 64.3 Å². The molecule has 1 saturated heterocycles. The van der Waals surface area contributed by atoms with Gasteiger partial charge in [0.05, 0.1) is 18.1 Å². The maximum Gasteiger partial charge on any atom is 0.226 e. The summed E-state index contributed by atoms with van der Waals surface area (Å²) in [6.07, 6.45) is 1.64. The lowest BCUT2D eigenvalue weighted by Crippen LogP contribution is -2.42. The maximum atomic E-state index is 12.3. The van der Waals surface area contributed by atoms with Crippen molar-refractivity contribution in [3.63, 3.8) is 0 Å².